The van der Waals surface area contributed by atoms with Crippen molar-refractivity contribution in [3.8, 4) is 0 Å². The molecule has 5 nitrogen and oxygen atoms in total. The highest BCUT2D eigenvalue weighted by Crippen LogP contribution is 2.20. The number of benzene rings is 1. The van der Waals surface area contributed by atoms with Crippen molar-refractivity contribution in [1.29, 1.82) is 0 Å². The zero-order chi connectivity index (χ0) is 16.8. The van der Waals surface area contributed by atoms with E-state index < -0.39 is 6.10 Å². The first-order chi connectivity index (χ1) is 11.7. The predicted molar refractivity (Wildman–Crippen MR) is 91.3 cm³/mol. The van der Waals surface area contributed by atoms with Gasteiger partial charge >= 0.3 is 6.03 Å². The summed E-state index contributed by atoms with van der Waals surface area (Å²) in [7, 11) is 0. The van der Waals surface area contributed by atoms with Crippen molar-refractivity contribution in [2.24, 2.45) is 0 Å². The Morgan fingerprint density at radius 1 is 1.21 bits per heavy atom. The Hall–Kier alpha value is -2.27. The van der Waals surface area contributed by atoms with E-state index in [1.165, 1.54) is 19.1 Å². The van der Waals surface area contributed by atoms with Gasteiger partial charge in [-0.3, -0.25) is 0 Å². The van der Waals surface area contributed by atoms with Crippen molar-refractivity contribution in [1.82, 2.24) is 10.2 Å². The summed E-state index contributed by atoms with van der Waals surface area (Å²) in [6, 6.07) is 13.4. The van der Waals surface area contributed by atoms with Gasteiger partial charge < -0.3 is 19.7 Å². The summed E-state index contributed by atoms with van der Waals surface area (Å²) < 4.78 is 5.25. The van der Waals surface area contributed by atoms with Crippen molar-refractivity contribution >= 4 is 6.03 Å². The molecule has 1 aliphatic rings. The molecule has 1 aromatic heterocycles. The number of urea groups is 1. The van der Waals surface area contributed by atoms with Crippen LogP contribution in [0.15, 0.2) is 53.1 Å². The molecule has 0 radical (unpaired) electrons. The molecule has 5 heteroatoms. The number of amides is 2. The first-order valence-electron chi connectivity index (χ1n) is 8.53. The molecule has 3 rings (SSSR count). The monoisotopic (exact) mass is 328 g/mol. The highest BCUT2D eigenvalue weighted by molar-refractivity contribution is 5.74. The fourth-order valence-electron chi connectivity index (χ4n) is 3.14. The van der Waals surface area contributed by atoms with Crippen LogP contribution in [0.25, 0.3) is 0 Å². The van der Waals surface area contributed by atoms with Gasteiger partial charge in [0.25, 0.3) is 0 Å². The molecule has 1 atom stereocenters. The van der Waals surface area contributed by atoms with Crippen LogP contribution in [0.4, 0.5) is 4.79 Å². The molecule has 2 aromatic rings. The fraction of sp³-hybridized carbons (Fsp3) is 0.421. The normalized spacial score (nSPS) is 16.0. The van der Waals surface area contributed by atoms with E-state index in [-0.39, 0.29) is 18.6 Å². The third-order valence-electron chi connectivity index (χ3n) is 4.45. The van der Waals surface area contributed by atoms with Crippen LogP contribution in [0.2, 0.25) is 0 Å². The van der Waals surface area contributed by atoms with E-state index in [2.05, 4.69) is 5.32 Å². The number of aliphatic hydroxyl groups excluding tert-OH is 1. The summed E-state index contributed by atoms with van der Waals surface area (Å²) in [5.41, 5.74) is 1.03. The maximum Gasteiger partial charge on any atom is 0.318 e. The maximum absolute atomic E-state index is 12.7. The van der Waals surface area contributed by atoms with Crippen LogP contribution in [0.1, 0.15) is 43.1 Å². The minimum absolute atomic E-state index is 0.128. The lowest BCUT2D eigenvalue weighted by Crippen LogP contribution is -2.45. The van der Waals surface area contributed by atoms with Crippen LogP contribution in [-0.4, -0.2) is 28.6 Å². The van der Waals surface area contributed by atoms with E-state index >= 15 is 0 Å². The Morgan fingerprint density at radius 2 is 1.96 bits per heavy atom. The molecule has 0 aliphatic heterocycles. The topological polar surface area (TPSA) is 65.7 Å². The maximum atomic E-state index is 12.7. The minimum Gasteiger partial charge on any atom is -0.467 e. The van der Waals surface area contributed by atoms with Gasteiger partial charge in [0.15, 0.2) is 0 Å². The molecule has 0 saturated heterocycles. The summed E-state index contributed by atoms with van der Waals surface area (Å²) in [6.07, 6.45) is 5.09. The number of hydrogen-bond acceptors (Lipinski definition) is 3. The summed E-state index contributed by atoms with van der Waals surface area (Å²) in [6.45, 7) is 0.651. The smallest absolute Gasteiger partial charge is 0.318 e. The molecule has 0 unspecified atom stereocenters. The van der Waals surface area contributed by atoms with E-state index in [0.29, 0.717) is 12.3 Å². The van der Waals surface area contributed by atoms with Crippen LogP contribution in [-0.2, 0) is 6.54 Å². The second kappa shape index (κ2) is 8.02. The van der Waals surface area contributed by atoms with Crippen molar-refractivity contribution in [2.45, 2.75) is 44.4 Å². The molecule has 1 saturated carbocycles. The molecule has 1 heterocycles. The Morgan fingerprint density at radius 3 is 2.62 bits per heavy atom. The number of furan rings is 1. The zero-order valence-corrected chi connectivity index (χ0v) is 13.7. The number of nitrogens with zero attached hydrogens (tertiary/aromatic N) is 1. The predicted octanol–water partition coefficient (Wildman–Crippen LogP) is 3.47. The quantitative estimate of drug-likeness (QED) is 0.853. The Labute approximate surface area is 142 Å². The third-order valence-corrected chi connectivity index (χ3v) is 4.45. The number of nitrogens with one attached hydrogen (secondary N) is 1. The van der Waals surface area contributed by atoms with Gasteiger partial charge in [-0.1, -0.05) is 43.2 Å². The van der Waals surface area contributed by atoms with Gasteiger partial charge in [0.1, 0.15) is 11.9 Å². The van der Waals surface area contributed by atoms with Crippen molar-refractivity contribution in [2.75, 3.05) is 6.54 Å². The van der Waals surface area contributed by atoms with E-state index in [0.717, 1.165) is 18.4 Å². The summed E-state index contributed by atoms with van der Waals surface area (Å²) >= 11 is 0. The lowest BCUT2D eigenvalue weighted by Gasteiger charge is -2.27. The number of carbonyl (C=O) groups is 1. The van der Waals surface area contributed by atoms with Crippen LogP contribution >= 0.6 is 0 Å². The fourth-order valence-corrected chi connectivity index (χ4v) is 3.14. The van der Waals surface area contributed by atoms with Crippen molar-refractivity contribution in [3.05, 3.63) is 60.1 Å². The Kier molecular flexibility index (Phi) is 5.54. The second-order valence-electron chi connectivity index (χ2n) is 6.33. The third kappa shape index (κ3) is 4.38. The Balaban J connectivity index is 1.68. The van der Waals surface area contributed by atoms with Gasteiger partial charge in [-0.15, -0.1) is 0 Å². The molecule has 0 bridgehead atoms. The van der Waals surface area contributed by atoms with Crippen LogP contribution < -0.4 is 5.32 Å². The van der Waals surface area contributed by atoms with Crippen LogP contribution in [0, 0.1) is 0 Å². The summed E-state index contributed by atoms with van der Waals surface area (Å²) in [5, 5.41) is 13.4. The van der Waals surface area contributed by atoms with Crippen LogP contribution in [0.3, 0.4) is 0 Å². The second-order valence-corrected chi connectivity index (χ2v) is 6.33. The van der Waals surface area contributed by atoms with Gasteiger partial charge in [0.05, 0.1) is 12.8 Å². The lowest BCUT2D eigenvalue weighted by molar-refractivity contribution is 0.100. The molecule has 1 aromatic carbocycles. The summed E-state index contributed by atoms with van der Waals surface area (Å²) in [5.74, 6) is 0.474. The molecule has 24 heavy (non-hydrogen) atoms. The SMILES string of the molecule is O=C(NC1CCCC1)N(Cc1ccccc1)C[C@H](O)c1ccco1. The van der Waals surface area contributed by atoms with Crippen LogP contribution in [0.5, 0.6) is 0 Å². The highest BCUT2D eigenvalue weighted by Gasteiger charge is 2.24. The number of hydrogen-bond donors (Lipinski definition) is 2. The number of aliphatic hydroxyl groups is 1. The minimum atomic E-state index is -0.835. The average Bonchev–Trinajstić information content (AvgIpc) is 3.29. The molecule has 1 fully saturated rings. The molecule has 2 amide bonds. The van der Waals surface area contributed by atoms with Gasteiger partial charge in [-0.2, -0.15) is 0 Å². The van der Waals surface area contributed by atoms with Gasteiger partial charge in [-0.05, 0) is 30.5 Å². The number of rotatable bonds is 6. The summed E-state index contributed by atoms with van der Waals surface area (Å²) in [4.78, 5) is 14.3. The Bertz CT molecular complexity index is 621. The lowest BCUT2D eigenvalue weighted by atomic mass is 10.2. The van der Waals surface area contributed by atoms with Crippen molar-refractivity contribution in [3.63, 3.8) is 0 Å². The zero-order valence-electron chi connectivity index (χ0n) is 13.7. The molecule has 2 N–H and O–H groups in total. The van der Waals surface area contributed by atoms with Crippen molar-refractivity contribution < 1.29 is 14.3 Å². The van der Waals surface area contributed by atoms with Gasteiger partial charge in [0, 0.05) is 12.6 Å². The largest absolute Gasteiger partial charge is 0.467 e. The van der Waals surface area contributed by atoms with Gasteiger partial charge in [-0.25, -0.2) is 4.79 Å². The van der Waals surface area contributed by atoms with E-state index in [4.69, 9.17) is 4.42 Å². The molecular weight excluding hydrogens is 304 g/mol. The van der Waals surface area contributed by atoms with E-state index in [1.54, 1.807) is 17.0 Å². The molecule has 1 aliphatic carbocycles. The van der Waals surface area contributed by atoms with Gasteiger partial charge in [0.2, 0.25) is 0 Å². The molecular formula is C19H24N2O3. The molecule has 0 spiro atoms. The average molecular weight is 328 g/mol. The van der Waals surface area contributed by atoms with E-state index in [9.17, 15) is 9.90 Å². The first kappa shape index (κ1) is 16.6. The van der Waals surface area contributed by atoms with E-state index in [1.807, 2.05) is 30.3 Å². The number of carbonyl (C=O) groups excluding carboxylic acids is 1. The molecule has 128 valence electrons. The highest BCUT2D eigenvalue weighted by atomic mass is 16.4. The standard InChI is InChI=1S/C19H24N2O3/c22-17(18-11-6-12-24-18)14-21(13-15-7-2-1-3-8-15)19(23)20-16-9-4-5-10-16/h1-3,6-8,11-12,16-17,22H,4-5,9-10,13-14H2,(H,20,23)/t17-/m0/s1. The first-order valence-corrected chi connectivity index (χ1v) is 8.53.